The van der Waals surface area contributed by atoms with E-state index >= 15 is 0 Å². The molecule has 2 heterocycles. The third kappa shape index (κ3) is 1.95. The van der Waals surface area contributed by atoms with Crippen molar-refractivity contribution in [3.8, 4) is 0 Å². The van der Waals surface area contributed by atoms with Gasteiger partial charge in [0.25, 0.3) is 0 Å². The van der Waals surface area contributed by atoms with Crippen LogP contribution in [0.25, 0.3) is 0 Å². The fraction of sp³-hybridized carbons (Fsp3) is 0.600. The molecule has 0 aromatic heterocycles. The van der Waals surface area contributed by atoms with E-state index < -0.39 is 0 Å². The molecule has 92 valence electrons. The van der Waals surface area contributed by atoms with Crippen molar-refractivity contribution in [2.75, 3.05) is 32.0 Å². The van der Waals surface area contributed by atoms with Crippen molar-refractivity contribution in [1.82, 2.24) is 4.90 Å². The number of rotatable bonds is 1. The van der Waals surface area contributed by atoms with Crippen molar-refractivity contribution in [3.63, 3.8) is 0 Å². The molecule has 2 aliphatic rings. The van der Waals surface area contributed by atoms with Crippen LogP contribution in [0, 0.1) is 5.92 Å². The smallest absolute Gasteiger partial charge is 0.0375 e. The van der Waals surface area contributed by atoms with Gasteiger partial charge >= 0.3 is 0 Å². The van der Waals surface area contributed by atoms with E-state index in [0.29, 0.717) is 0 Å². The van der Waals surface area contributed by atoms with E-state index in [-0.39, 0.29) is 0 Å². The van der Waals surface area contributed by atoms with Crippen LogP contribution in [0.5, 0.6) is 0 Å². The Kier molecular flexibility index (Phi) is 2.83. The highest BCUT2D eigenvalue weighted by molar-refractivity contribution is 5.57. The van der Waals surface area contributed by atoms with E-state index in [0.717, 1.165) is 24.8 Å². The predicted octanol–water partition coefficient (Wildman–Crippen LogP) is 2.71. The monoisotopic (exact) mass is 230 g/mol. The molecule has 0 bridgehead atoms. The third-order valence-corrected chi connectivity index (χ3v) is 4.42. The van der Waals surface area contributed by atoms with Gasteiger partial charge in [0.1, 0.15) is 0 Å². The molecule has 2 heteroatoms. The molecule has 0 aliphatic carbocycles. The van der Waals surface area contributed by atoms with Gasteiger partial charge in [-0.2, -0.15) is 0 Å². The highest BCUT2D eigenvalue weighted by Crippen LogP contribution is 2.40. The SMILES string of the molecule is CCc1ccc2c(c1)C1CCN(C)CC1CN2. The summed E-state index contributed by atoms with van der Waals surface area (Å²) >= 11 is 0. The van der Waals surface area contributed by atoms with E-state index in [1.165, 1.54) is 30.8 Å². The van der Waals surface area contributed by atoms with Crippen LogP contribution in [0.1, 0.15) is 30.4 Å². The van der Waals surface area contributed by atoms with Crippen LogP contribution >= 0.6 is 0 Å². The molecule has 1 N–H and O–H groups in total. The maximum absolute atomic E-state index is 3.61. The molecule has 0 spiro atoms. The molecule has 2 atom stereocenters. The minimum absolute atomic E-state index is 0.786. The van der Waals surface area contributed by atoms with Crippen molar-refractivity contribution in [1.29, 1.82) is 0 Å². The van der Waals surface area contributed by atoms with Crippen molar-refractivity contribution in [3.05, 3.63) is 29.3 Å². The van der Waals surface area contributed by atoms with Gasteiger partial charge in [-0.15, -0.1) is 0 Å². The molecule has 0 saturated carbocycles. The first-order valence-corrected chi connectivity index (χ1v) is 6.83. The third-order valence-electron chi connectivity index (χ3n) is 4.42. The molecule has 2 unspecified atom stereocenters. The lowest BCUT2D eigenvalue weighted by atomic mass is 9.77. The van der Waals surface area contributed by atoms with Gasteiger partial charge in [-0.05, 0) is 55.5 Å². The van der Waals surface area contributed by atoms with Gasteiger partial charge in [-0.3, -0.25) is 0 Å². The summed E-state index contributed by atoms with van der Waals surface area (Å²) in [5.41, 5.74) is 4.44. The molecule has 1 aromatic rings. The molecule has 2 nitrogen and oxygen atoms in total. The topological polar surface area (TPSA) is 15.3 Å². The second kappa shape index (κ2) is 4.34. The minimum atomic E-state index is 0.786. The summed E-state index contributed by atoms with van der Waals surface area (Å²) in [5.74, 6) is 1.59. The Hall–Kier alpha value is -1.02. The van der Waals surface area contributed by atoms with Crippen molar-refractivity contribution < 1.29 is 0 Å². The Morgan fingerprint density at radius 3 is 3.12 bits per heavy atom. The van der Waals surface area contributed by atoms with Gasteiger partial charge < -0.3 is 10.2 Å². The van der Waals surface area contributed by atoms with E-state index in [9.17, 15) is 0 Å². The summed E-state index contributed by atoms with van der Waals surface area (Å²) in [6.07, 6.45) is 2.47. The minimum Gasteiger partial charge on any atom is -0.384 e. The van der Waals surface area contributed by atoms with Crippen LogP contribution in [0.15, 0.2) is 18.2 Å². The van der Waals surface area contributed by atoms with E-state index in [4.69, 9.17) is 0 Å². The number of hydrogen-bond donors (Lipinski definition) is 1. The summed E-state index contributed by atoms with van der Waals surface area (Å²) in [4.78, 5) is 2.47. The van der Waals surface area contributed by atoms with Crippen LogP contribution in [-0.2, 0) is 6.42 Å². The number of nitrogens with zero attached hydrogens (tertiary/aromatic N) is 1. The predicted molar refractivity (Wildman–Crippen MR) is 72.7 cm³/mol. The summed E-state index contributed by atoms with van der Waals surface area (Å²) in [6.45, 7) is 5.88. The number of aryl methyl sites for hydroxylation is 1. The van der Waals surface area contributed by atoms with Gasteiger partial charge in [-0.25, -0.2) is 0 Å². The summed E-state index contributed by atoms with van der Waals surface area (Å²) in [5, 5.41) is 3.61. The van der Waals surface area contributed by atoms with Gasteiger partial charge in [-0.1, -0.05) is 19.1 Å². The lowest BCUT2D eigenvalue weighted by molar-refractivity contribution is 0.187. The number of piperidine rings is 1. The summed E-state index contributed by atoms with van der Waals surface area (Å²) in [7, 11) is 2.24. The van der Waals surface area contributed by atoms with Crippen molar-refractivity contribution in [2.24, 2.45) is 5.92 Å². The Morgan fingerprint density at radius 2 is 2.29 bits per heavy atom. The lowest BCUT2D eigenvalue weighted by Crippen LogP contribution is -2.42. The molecule has 1 aromatic carbocycles. The van der Waals surface area contributed by atoms with Crippen LogP contribution in [0.3, 0.4) is 0 Å². The van der Waals surface area contributed by atoms with Crippen molar-refractivity contribution in [2.45, 2.75) is 25.7 Å². The quantitative estimate of drug-likeness (QED) is 0.798. The van der Waals surface area contributed by atoms with Gasteiger partial charge in [0.2, 0.25) is 0 Å². The summed E-state index contributed by atoms with van der Waals surface area (Å²) < 4.78 is 0. The zero-order chi connectivity index (χ0) is 11.8. The Labute approximate surface area is 104 Å². The molecular weight excluding hydrogens is 208 g/mol. The molecule has 1 fully saturated rings. The first-order valence-electron chi connectivity index (χ1n) is 6.83. The molecule has 1 saturated heterocycles. The zero-order valence-electron chi connectivity index (χ0n) is 10.9. The molecule has 2 aliphatic heterocycles. The first-order chi connectivity index (χ1) is 8.28. The average molecular weight is 230 g/mol. The van der Waals surface area contributed by atoms with Crippen LogP contribution in [0.2, 0.25) is 0 Å². The van der Waals surface area contributed by atoms with Crippen LogP contribution < -0.4 is 5.32 Å². The Morgan fingerprint density at radius 1 is 1.41 bits per heavy atom. The Bertz CT molecular complexity index is 413. The number of fused-ring (bicyclic) bond motifs is 3. The van der Waals surface area contributed by atoms with Crippen molar-refractivity contribution >= 4 is 5.69 Å². The first kappa shape index (κ1) is 11.1. The molecule has 0 radical (unpaired) electrons. The average Bonchev–Trinajstić information content (AvgIpc) is 2.37. The van der Waals surface area contributed by atoms with E-state index in [1.54, 1.807) is 5.56 Å². The standard InChI is InChI=1S/C15H22N2/c1-3-11-4-5-15-14(8-11)13-6-7-17(2)10-12(13)9-16-15/h4-5,8,12-13,16H,3,6-7,9-10H2,1-2H3. The Balaban J connectivity index is 1.94. The number of anilines is 1. The number of hydrogen-bond acceptors (Lipinski definition) is 2. The maximum atomic E-state index is 3.61. The van der Waals surface area contributed by atoms with Crippen LogP contribution in [-0.4, -0.2) is 31.6 Å². The van der Waals surface area contributed by atoms with E-state index in [1.807, 2.05) is 0 Å². The second-order valence-corrected chi connectivity index (χ2v) is 5.57. The molecular formula is C15H22N2. The second-order valence-electron chi connectivity index (χ2n) is 5.57. The highest BCUT2D eigenvalue weighted by atomic mass is 15.1. The normalized spacial score (nSPS) is 28.1. The molecule has 0 amide bonds. The molecule has 17 heavy (non-hydrogen) atoms. The van der Waals surface area contributed by atoms with Gasteiger partial charge in [0, 0.05) is 18.8 Å². The van der Waals surface area contributed by atoms with Gasteiger partial charge in [0.05, 0.1) is 0 Å². The lowest BCUT2D eigenvalue weighted by Gasteiger charge is -2.41. The van der Waals surface area contributed by atoms with Crippen LogP contribution in [0.4, 0.5) is 5.69 Å². The fourth-order valence-electron chi connectivity index (χ4n) is 3.37. The van der Waals surface area contributed by atoms with E-state index in [2.05, 4.69) is 42.4 Å². The highest BCUT2D eigenvalue weighted by Gasteiger charge is 2.33. The molecule has 3 rings (SSSR count). The number of benzene rings is 1. The summed E-state index contributed by atoms with van der Waals surface area (Å²) in [6, 6.07) is 6.98. The zero-order valence-corrected chi connectivity index (χ0v) is 10.9. The number of nitrogens with one attached hydrogen (secondary N) is 1. The fourth-order valence-corrected chi connectivity index (χ4v) is 3.37. The maximum Gasteiger partial charge on any atom is 0.0375 e. The number of likely N-dealkylation sites (tertiary alicyclic amines) is 1. The largest absolute Gasteiger partial charge is 0.384 e. The van der Waals surface area contributed by atoms with Gasteiger partial charge in [0.15, 0.2) is 0 Å².